The van der Waals surface area contributed by atoms with Gasteiger partial charge < -0.3 is 11.1 Å². The van der Waals surface area contributed by atoms with E-state index in [0.717, 1.165) is 5.56 Å². The second-order valence-electron chi connectivity index (χ2n) is 5.32. The molecule has 0 aliphatic heterocycles. The van der Waals surface area contributed by atoms with Gasteiger partial charge in [-0.3, -0.25) is 4.79 Å². The van der Waals surface area contributed by atoms with Gasteiger partial charge in [0.2, 0.25) is 5.91 Å². The minimum Gasteiger partial charge on any atom is -0.323 e. The molecule has 1 aromatic rings. The summed E-state index contributed by atoms with van der Waals surface area (Å²) < 4.78 is 0. The van der Waals surface area contributed by atoms with Crippen molar-refractivity contribution in [3.8, 4) is 0 Å². The normalized spacial score (nSPS) is 13.3. The van der Waals surface area contributed by atoms with Crippen LogP contribution in [0.2, 0.25) is 5.02 Å². The van der Waals surface area contributed by atoms with Crippen molar-refractivity contribution in [3.05, 3.63) is 28.8 Å². The molecule has 4 heteroatoms. The summed E-state index contributed by atoms with van der Waals surface area (Å²) in [5, 5.41) is 3.28. The Morgan fingerprint density at radius 1 is 1.41 bits per heavy atom. The monoisotopic (exact) mass is 254 g/mol. The Balaban J connectivity index is 2.82. The second kappa shape index (κ2) is 5.07. The van der Waals surface area contributed by atoms with Crippen LogP contribution >= 0.6 is 11.6 Å². The van der Waals surface area contributed by atoms with E-state index in [1.807, 2.05) is 33.8 Å². The number of aryl methyl sites for hydroxylation is 1. The average molecular weight is 255 g/mol. The average Bonchev–Trinajstić information content (AvgIpc) is 2.19. The van der Waals surface area contributed by atoms with Gasteiger partial charge in [-0.25, -0.2) is 0 Å². The van der Waals surface area contributed by atoms with Crippen LogP contribution in [0.3, 0.4) is 0 Å². The Bertz CT molecular complexity index is 424. The number of carbonyl (C=O) groups is 1. The summed E-state index contributed by atoms with van der Waals surface area (Å²) in [6.45, 7) is 7.72. The lowest BCUT2D eigenvalue weighted by atomic mass is 9.87. The number of nitrogens with two attached hydrogens (primary N) is 1. The zero-order chi connectivity index (χ0) is 13.2. The summed E-state index contributed by atoms with van der Waals surface area (Å²) in [6, 6.07) is 4.91. The third-order valence-corrected chi connectivity index (χ3v) is 2.91. The van der Waals surface area contributed by atoms with Crippen LogP contribution in [-0.4, -0.2) is 11.9 Å². The van der Waals surface area contributed by atoms with Gasteiger partial charge in [-0.15, -0.1) is 0 Å². The van der Waals surface area contributed by atoms with Gasteiger partial charge in [-0.1, -0.05) is 38.4 Å². The number of amides is 1. The Hall–Kier alpha value is -1.06. The van der Waals surface area contributed by atoms with E-state index in [2.05, 4.69) is 5.32 Å². The topological polar surface area (TPSA) is 55.1 Å². The van der Waals surface area contributed by atoms with Crippen molar-refractivity contribution in [1.29, 1.82) is 0 Å². The van der Waals surface area contributed by atoms with Crippen LogP contribution in [0, 0.1) is 12.3 Å². The Labute approximate surface area is 107 Å². The van der Waals surface area contributed by atoms with Gasteiger partial charge in [-0.2, -0.15) is 0 Å². The molecular formula is C13H19ClN2O. The molecule has 0 aromatic heterocycles. The maximum atomic E-state index is 11.9. The molecule has 17 heavy (non-hydrogen) atoms. The molecule has 3 nitrogen and oxygen atoms in total. The van der Waals surface area contributed by atoms with Crippen molar-refractivity contribution in [2.24, 2.45) is 11.1 Å². The minimum atomic E-state index is -0.570. The third-order valence-electron chi connectivity index (χ3n) is 2.60. The van der Waals surface area contributed by atoms with Crippen LogP contribution in [0.5, 0.6) is 0 Å². The molecule has 0 heterocycles. The summed E-state index contributed by atoms with van der Waals surface area (Å²) >= 11 is 6.04. The molecule has 1 aromatic carbocycles. The predicted molar refractivity (Wildman–Crippen MR) is 72.2 cm³/mol. The lowest BCUT2D eigenvalue weighted by Gasteiger charge is -2.26. The second-order valence-corrected chi connectivity index (χ2v) is 5.72. The van der Waals surface area contributed by atoms with Crippen LogP contribution in [0.1, 0.15) is 26.3 Å². The molecule has 3 N–H and O–H groups in total. The summed E-state index contributed by atoms with van der Waals surface area (Å²) in [5.41, 5.74) is 7.24. The number of nitrogens with one attached hydrogen (secondary N) is 1. The lowest BCUT2D eigenvalue weighted by Crippen LogP contribution is -2.45. The van der Waals surface area contributed by atoms with Crippen molar-refractivity contribution >= 4 is 23.2 Å². The molecule has 0 aliphatic carbocycles. The first kappa shape index (κ1) is 14.0. The molecule has 94 valence electrons. The van der Waals surface area contributed by atoms with Crippen molar-refractivity contribution in [3.63, 3.8) is 0 Å². The third kappa shape index (κ3) is 3.72. The number of benzene rings is 1. The number of carbonyl (C=O) groups excluding carboxylic acids is 1. The number of anilines is 1. The fraction of sp³-hybridized carbons (Fsp3) is 0.462. The summed E-state index contributed by atoms with van der Waals surface area (Å²) in [5.74, 6) is -0.219. The predicted octanol–water partition coefficient (Wildman–Crippen LogP) is 2.96. The number of halogens is 1. The molecule has 0 saturated carbocycles. The van der Waals surface area contributed by atoms with E-state index in [0.29, 0.717) is 10.7 Å². The van der Waals surface area contributed by atoms with Gasteiger partial charge in [0.1, 0.15) is 0 Å². The summed E-state index contributed by atoms with van der Waals surface area (Å²) in [4.78, 5) is 11.9. The van der Waals surface area contributed by atoms with Crippen LogP contribution < -0.4 is 11.1 Å². The van der Waals surface area contributed by atoms with E-state index in [1.165, 1.54) is 0 Å². The molecule has 1 rings (SSSR count). The molecule has 0 unspecified atom stereocenters. The molecule has 0 fully saturated rings. The SMILES string of the molecule is Cc1ccc(NC(=O)[C@H](N)C(C)(C)C)c(Cl)c1. The molecular weight excluding hydrogens is 236 g/mol. The molecule has 1 amide bonds. The van der Waals surface area contributed by atoms with E-state index in [9.17, 15) is 4.79 Å². The first-order valence-electron chi connectivity index (χ1n) is 5.54. The highest BCUT2D eigenvalue weighted by Crippen LogP contribution is 2.24. The molecule has 0 saturated heterocycles. The zero-order valence-electron chi connectivity index (χ0n) is 10.7. The lowest BCUT2D eigenvalue weighted by molar-refractivity contribution is -0.119. The molecule has 0 radical (unpaired) electrons. The van der Waals surface area contributed by atoms with Gasteiger partial charge in [0.25, 0.3) is 0 Å². The first-order chi connectivity index (χ1) is 7.71. The maximum absolute atomic E-state index is 11.9. The van der Waals surface area contributed by atoms with Gasteiger partial charge in [0.15, 0.2) is 0 Å². The van der Waals surface area contributed by atoms with E-state index in [1.54, 1.807) is 12.1 Å². The van der Waals surface area contributed by atoms with Crippen LogP contribution in [0.25, 0.3) is 0 Å². The molecule has 1 atom stereocenters. The summed E-state index contributed by atoms with van der Waals surface area (Å²) in [6.07, 6.45) is 0. The maximum Gasteiger partial charge on any atom is 0.241 e. The minimum absolute atomic E-state index is 0.219. The number of hydrogen-bond acceptors (Lipinski definition) is 2. The first-order valence-corrected chi connectivity index (χ1v) is 5.92. The number of rotatable bonds is 2. The van der Waals surface area contributed by atoms with E-state index >= 15 is 0 Å². The largest absolute Gasteiger partial charge is 0.323 e. The van der Waals surface area contributed by atoms with Crippen molar-refractivity contribution in [2.45, 2.75) is 33.7 Å². The van der Waals surface area contributed by atoms with Crippen LogP contribution in [0.15, 0.2) is 18.2 Å². The highest BCUT2D eigenvalue weighted by molar-refractivity contribution is 6.33. The van der Waals surface area contributed by atoms with E-state index < -0.39 is 6.04 Å². The van der Waals surface area contributed by atoms with Gasteiger partial charge in [0, 0.05) is 0 Å². The standard InChI is InChI=1S/C13H19ClN2O/c1-8-5-6-10(9(14)7-8)16-12(17)11(15)13(2,3)4/h5-7,11H,15H2,1-4H3,(H,16,17)/t11-/m0/s1. The van der Waals surface area contributed by atoms with Gasteiger partial charge in [-0.05, 0) is 30.0 Å². The fourth-order valence-corrected chi connectivity index (χ4v) is 1.61. The number of hydrogen-bond donors (Lipinski definition) is 2. The fourth-order valence-electron chi connectivity index (χ4n) is 1.33. The van der Waals surface area contributed by atoms with Gasteiger partial charge >= 0.3 is 0 Å². The highest BCUT2D eigenvalue weighted by Gasteiger charge is 2.27. The highest BCUT2D eigenvalue weighted by atomic mass is 35.5. The van der Waals surface area contributed by atoms with Crippen LogP contribution in [-0.2, 0) is 4.79 Å². The molecule has 0 spiro atoms. The van der Waals surface area contributed by atoms with Crippen molar-refractivity contribution in [2.75, 3.05) is 5.32 Å². The quantitative estimate of drug-likeness (QED) is 0.853. The molecule has 0 bridgehead atoms. The Morgan fingerprint density at radius 2 is 2.00 bits per heavy atom. The van der Waals surface area contributed by atoms with E-state index in [-0.39, 0.29) is 11.3 Å². The van der Waals surface area contributed by atoms with Crippen molar-refractivity contribution < 1.29 is 4.79 Å². The molecule has 0 aliphatic rings. The Kier molecular flexibility index (Phi) is 4.17. The zero-order valence-corrected chi connectivity index (χ0v) is 11.4. The van der Waals surface area contributed by atoms with E-state index in [4.69, 9.17) is 17.3 Å². The summed E-state index contributed by atoms with van der Waals surface area (Å²) in [7, 11) is 0. The Morgan fingerprint density at radius 3 is 2.47 bits per heavy atom. The van der Waals surface area contributed by atoms with Crippen LogP contribution in [0.4, 0.5) is 5.69 Å². The smallest absolute Gasteiger partial charge is 0.241 e. The van der Waals surface area contributed by atoms with Crippen molar-refractivity contribution in [1.82, 2.24) is 0 Å². The van der Waals surface area contributed by atoms with Gasteiger partial charge in [0.05, 0.1) is 16.8 Å².